The Morgan fingerprint density at radius 1 is 0.938 bits per heavy atom. The second-order valence-electron chi connectivity index (χ2n) is 7.66. The molecule has 3 aromatic carbocycles. The van der Waals surface area contributed by atoms with Crippen LogP contribution in [0.2, 0.25) is 0 Å². The Labute approximate surface area is 199 Å². The van der Waals surface area contributed by atoms with Crippen LogP contribution in [0.25, 0.3) is 10.8 Å². The van der Waals surface area contributed by atoms with Crippen molar-refractivity contribution < 1.29 is 19.1 Å². The van der Waals surface area contributed by atoms with Gasteiger partial charge < -0.3 is 9.47 Å². The van der Waals surface area contributed by atoms with Gasteiger partial charge in [-0.2, -0.15) is 10.1 Å². The van der Waals surface area contributed by atoms with Crippen LogP contribution in [-0.4, -0.2) is 36.3 Å². The van der Waals surface area contributed by atoms with Gasteiger partial charge in [0.1, 0.15) is 0 Å². The largest absolute Gasteiger partial charge is 0.490 e. The highest BCUT2D eigenvalue weighted by Crippen LogP contribution is 2.38. The molecule has 2 aliphatic rings. The molecule has 1 heterocycles. The van der Waals surface area contributed by atoms with Crippen molar-refractivity contribution in [2.75, 3.05) is 13.2 Å². The first-order valence-electron chi connectivity index (χ1n) is 10.6. The van der Waals surface area contributed by atoms with Crippen LogP contribution in [0, 0.1) is 3.57 Å². The highest BCUT2D eigenvalue weighted by Gasteiger charge is 2.35. The third-order valence-electron chi connectivity index (χ3n) is 5.79. The lowest BCUT2D eigenvalue weighted by molar-refractivity contribution is 0.0616. The first-order valence-corrected chi connectivity index (χ1v) is 11.7. The van der Waals surface area contributed by atoms with Crippen molar-refractivity contribution in [1.29, 1.82) is 0 Å². The molecular formula is C25H21IN2O4. The number of hydrogen-bond donors (Lipinski definition) is 0. The molecule has 0 radical (unpaired) electrons. The summed E-state index contributed by atoms with van der Waals surface area (Å²) in [6.07, 6.45) is 3.40. The smallest absolute Gasteiger partial charge is 0.282 e. The van der Waals surface area contributed by atoms with Gasteiger partial charge in [-0.25, -0.2) is 0 Å². The SMILES string of the molecule is CCOc1cc(C=NN2C(=O)c3ccc4c5c(ccc(c35)C2=O)CC4)cc(I)c1OCC. The molecule has 6 nitrogen and oxygen atoms in total. The summed E-state index contributed by atoms with van der Waals surface area (Å²) >= 11 is 2.18. The lowest BCUT2D eigenvalue weighted by Crippen LogP contribution is -2.36. The van der Waals surface area contributed by atoms with E-state index in [0.717, 1.165) is 32.2 Å². The van der Waals surface area contributed by atoms with Crippen molar-refractivity contribution in [3.8, 4) is 11.5 Å². The van der Waals surface area contributed by atoms with E-state index in [1.807, 2.05) is 44.2 Å². The third-order valence-corrected chi connectivity index (χ3v) is 6.59. The second kappa shape index (κ2) is 8.20. The monoisotopic (exact) mass is 540 g/mol. The number of hydrogen-bond acceptors (Lipinski definition) is 5. The fraction of sp³-hybridized carbons (Fsp3) is 0.240. The third kappa shape index (κ3) is 3.26. The average Bonchev–Trinajstić information content (AvgIpc) is 3.21. The number of aryl methyl sites for hydroxylation is 2. The summed E-state index contributed by atoms with van der Waals surface area (Å²) in [7, 11) is 0. The molecule has 0 bridgehead atoms. The predicted octanol–water partition coefficient (Wildman–Crippen LogP) is 4.97. The molecule has 0 saturated heterocycles. The number of amides is 2. The molecule has 7 heteroatoms. The zero-order valence-corrected chi connectivity index (χ0v) is 19.9. The molecule has 162 valence electrons. The number of rotatable bonds is 6. The van der Waals surface area contributed by atoms with Gasteiger partial charge >= 0.3 is 0 Å². The Balaban J connectivity index is 1.53. The number of carbonyl (C=O) groups is 2. The minimum absolute atomic E-state index is 0.403. The number of benzene rings is 3. The first kappa shape index (κ1) is 20.9. The van der Waals surface area contributed by atoms with Gasteiger partial charge in [0.25, 0.3) is 11.8 Å². The van der Waals surface area contributed by atoms with E-state index in [2.05, 4.69) is 27.7 Å². The van der Waals surface area contributed by atoms with Crippen LogP contribution < -0.4 is 9.47 Å². The molecule has 5 rings (SSSR count). The maximum Gasteiger partial charge on any atom is 0.282 e. The average molecular weight is 540 g/mol. The number of halogens is 1. The molecule has 0 unspecified atom stereocenters. The number of hydrazone groups is 1. The summed E-state index contributed by atoms with van der Waals surface area (Å²) in [6.45, 7) is 4.83. The standard InChI is InChI=1S/C25H21IN2O4/c1-3-31-20-12-14(11-19(26)23(20)32-4-2)13-27-28-24(29)17-9-7-15-5-6-16-8-10-18(25(28)30)22(17)21(15)16/h7-13H,3-6H2,1-2H3. The Morgan fingerprint density at radius 2 is 1.56 bits per heavy atom. The predicted molar refractivity (Wildman–Crippen MR) is 131 cm³/mol. The molecule has 32 heavy (non-hydrogen) atoms. The van der Waals surface area contributed by atoms with Crippen LogP contribution in [0.1, 0.15) is 51.3 Å². The van der Waals surface area contributed by atoms with Crippen molar-refractivity contribution in [3.63, 3.8) is 0 Å². The topological polar surface area (TPSA) is 68.2 Å². The van der Waals surface area contributed by atoms with Crippen molar-refractivity contribution in [2.24, 2.45) is 5.10 Å². The van der Waals surface area contributed by atoms with E-state index in [4.69, 9.17) is 9.47 Å². The second-order valence-corrected chi connectivity index (χ2v) is 8.82. The summed E-state index contributed by atoms with van der Waals surface area (Å²) in [5, 5.41) is 7.08. The van der Waals surface area contributed by atoms with Crippen LogP contribution >= 0.6 is 22.6 Å². The Hall–Kier alpha value is -2.94. The van der Waals surface area contributed by atoms with E-state index >= 15 is 0 Å². The van der Waals surface area contributed by atoms with Crippen LogP contribution in [0.4, 0.5) is 0 Å². The van der Waals surface area contributed by atoms with Gasteiger partial charge in [-0.05, 0) is 95.6 Å². The normalized spacial score (nSPS) is 14.7. The number of carbonyl (C=O) groups excluding carboxylic acids is 2. The molecule has 2 amide bonds. The van der Waals surface area contributed by atoms with Crippen molar-refractivity contribution in [1.82, 2.24) is 5.01 Å². The molecule has 0 N–H and O–H groups in total. The van der Waals surface area contributed by atoms with E-state index in [9.17, 15) is 9.59 Å². The van der Waals surface area contributed by atoms with Gasteiger partial charge in [0.2, 0.25) is 0 Å². The van der Waals surface area contributed by atoms with Gasteiger partial charge in [-0.1, -0.05) is 12.1 Å². The van der Waals surface area contributed by atoms with Gasteiger partial charge in [0.05, 0.1) is 34.1 Å². The van der Waals surface area contributed by atoms with Crippen LogP contribution in [0.3, 0.4) is 0 Å². The molecule has 0 saturated carbocycles. The molecule has 1 aliphatic carbocycles. The van der Waals surface area contributed by atoms with Gasteiger partial charge in [0, 0.05) is 5.39 Å². The summed E-state index contributed by atoms with van der Waals surface area (Å²) < 4.78 is 12.3. The molecule has 0 fully saturated rings. The molecule has 3 aromatic rings. The fourth-order valence-electron chi connectivity index (χ4n) is 4.44. The van der Waals surface area contributed by atoms with Gasteiger partial charge in [-0.3, -0.25) is 9.59 Å². The lowest BCUT2D eigenvalue weighted by Gasteiger charge is -2.23. The minimum Gasteiger partial charge on any atom is -0.490 e. The summed E-state index contributed by atoms with van der Waals surface area (Å²) in [5.41, 5.74) is 4.16. The van der Waals surface area contributed by atoms with E-state index in [-0.39, 0.29) is 0 Å². The zero-order valence-electron chi connectivity index (χ0n) is 17.8. The Bertz CT molecular complexity index is 1260. The van der Waals surface area contributed by atoms with Crippen LogP contribution in [0.5, 0.6) is 11.5 Å². The summed E-state index contributed by atoms with van der Waals surface area (Å²) in [4.78, 5) is 26.4. The number of nitrogens with zero attached hydrogens (tertiary/aromatic N) is 2. The summed E-state index contributed by atoms with van der Waals surface area (Å²) in [5.74, 6) is 0.475. The zero-order chi connectivity index (χ0) is 22.4. The lowest BCUT2D eigenvalue weighted by atomic mass is 9.92. The maximum atomic E-state index is 13.2. The number of imide groups is 1. The molecular weight excluding hydrogens is 519 g/mol. The minimum atomic E-state index is -0.403. The van der Waals surface area contributed by atoms with Gasteiger partial charge in [0.15, 0.2) is 11.5 Å². The molecule has 0 aromatic heterocycles. The summed E-state index contributed by atoms with van der Waals surface area (Å²) in [6, 6.07) is 11.3. The quantitative estimate of drug-likeness (QED) is 0.252. The van der Waals surface area contributed by atoms with Crippen molar-refractivity contribution >= 4 is 51.4 Å². The fourth-order valence-corrected chi connectivity index (χ4v) is 5.23. The molecule has 1 aliphatic heterocycles. The van der Waals surface area contributed by atoms with E-state index in [1.165, 1.54) is 17.3 Å². The van der Waals surface area contributed by atoms with Gasteiger partial charge in [-0.15, -0.1) is 0 Å². The maximum absolute atomic E-state index is 13.2. The Kier molecular flexibility index (Phi) is 5.36. The van der Waals surface area contributed by atoms with Crippen LogP contribution in [0.15, 0.2) is 41.5 Å². The highest BCUT2D eigenvalue weighted by atomic mass is 127. The first-order chi connectivity index (χ1) is 15.5. The Morgan fingerprint density at radius 3 is 2.16 bits per heavy atom. The molecule has 0 spiro atoms. The number of ether oxygens (including phenoxy) is 2. The molecule has 0 atom stereocenters. The van der Waals surface area contributed by atoms with E-state index in [0.29, 0.717) is 41.4 Å². The highest BCUT2D eigenvalue weighted by molar-refractivity contribution is 14.1. The van der Waals surface area contributed by atoms with Crippen molar-refractivity contribution in [3.05, 3.63) is 67.8 Å². The van der Waals surface area contributed by atoms with Crippen molar-refractivity contribution in [2.45, 2.75) is 26.7 Å². The van der Waals surface area contributed by atoms with E-state index in [1.54, 1.807) is 6.07 Å². The van der Waals surface area contributed by atoms with Crippen LogP contribution in [-0.2, 0) is 12.8 Å². The van der Waals surface area contributed by atoms with E-state index < -0.39 is 11.8 Å².